The Bertz CT molecular complexity index is 316. The van der Waals surface area contributed by atoms with Gasteiger partial charge in [0.05, 0.1) is 0 Å². The van der Waals surface area contributed by atoms with Gasteiger partial charge in [0.25, 0.3) is 0 Å². The van der Waals surface area contributed by atoms with Gasteiger partial charge in [-0.2, -0.15) is 0 Å². The van der Waals surface area contributed by atoms with Crippen LogP contribution in [-0.4, -0.2) is 48.8 Å². The van der Waals surface area contributed by atoms with Gasteiger partial charge in [-0.1, -0.05) is 19.1 Å². The Morgan fingerprint density at radius 2 is 1.82 bits per heavy atom. The number of benzene rings is 1. The molecular formula is C12H20BNO3. The van der Waals surface area contributed by atoms with Gasteiger partial charge in [0.1, 0.15) is 12.4 Å². The zero-order valence-electron chi connectivity index (χ0n) is 10.5. The molecule has 0 aromatic heterocycles. The molecule has 0 aliphatic heterocycles. The summed E-state index contributed by atoms with van der Waals surface area (Å²) in [6, 6.07) is 6.79. The molecule has 0 radical (unpaired) electrons. The number of rotatable bonds is 7. The van der Waals surface area contributed by atoms with E-state index in [1.165, 1.54) is 0 Å². The molecule has 0 amide bonds. The van der Waals surface area contributed by atoms with Crippen LogP contribution in [0.15, 0.2) is 24.3 Å². The second-order valence-corrected chi connectivity index (χ2v) is 4.09. The van der Waals surface area contributed by atoms with Gasteiger partial charge in [-0.25, -0.2) is 0 Å². The van der Waals surface area contributed by atoms with Gasteiger partial charge in [-0.15, -0.1) is 0 Å². The van der Waals surface area contributed by atoms with Crippen molar-refractivity contribution in [1.29, 1.82) is 0 Å². The highest BCUT2D eigenvalue weighted by Crippen LogP contribution is 2.07. The van der Waals surface area contributed by atoms with Crippen LogP contribution in [0, 0.1) is 0 Å². The molecule has 0 spiro atoms. The van der Waals surface area contributed by atoms with Gasteiger partial charge in [0.2, 0.25) is 0 Å². The Morgan fingerprint density at radius 3 is 2.35 bits per heavy atom. The van der Waals surface area contributed by atoms with Crippen molar-refractivity contribution in [3.05, 3.63) is 24.3 Å². The third-order valence-corrected chi connectivity index (χ3v) is 2.53. The van der Waals surface area contributed by atoms with Crippen LogP contribution in [0.5, 0.6) is 5.75 Å². The minimum Gasteiger partial charge on any atom is -0.492 e. The van der Waals surface area contributed by atoms with Crippen LogP contribution < -0.4 is 10.2 Å². The molecule has 0 fully saturated rings. The van der Waals surface area contributed by atoms with E-state index in [0.29, 0.717) is 12.1 Å². The van der Waals surface area contributed by atoms with E-state index >= 15 is 0 Å². The standard InChI is InChI=1S/C12H20BNO3/c1-3-8-14(2)9-10-17-12-6-4-11(5-7-12)13(15)16/h4-7,15-16H,3,8-10H2,1-2H3. The van der Waals surface area contributed by atoms with E-state index in [2.05, 4.69) is 18.9 Å². The van der Waals surface area contributed by atoms with Crippen molar-refractivity contribution in [1.82, 2.24) is 4.90 Å². The second kappa shape index (κ2) is 7.32. The molecule has 17 heavy (non-hydrogen) atoms. The van der Waals surface area contributed by atoms with Crippen LogP contribution in [0.25, 0.3) is 0 Å². The van der Waals surface area contributed by atoms with Crippen LogP contribution in [0.2, 0.25) is 0 Å². The van der Waals surface area contributed by atoms with E-state index in [4.69, 9.17) is 14.8 Å². The summed E-state index contributed by atoms with van der Waals surface area (Å²) in [5.41, 5.74) is 0.473. The van der Waals surface area contributed by atoms with E-state index in [1.807, 2.05) is 0 Å². The maximum absolute atomic E-state index is 8.93. The number of nitrogens with zero attached hydrogens (tertiary/aromatic N) is 1. The first-order valence-electron chi connectivity index (χ1n) is 5.91. The monoisotopic (exact) mass is 237 g/mol. The molecule has 94 valence electrons. The summed E-state index contributed by atoms with van der Waals surface area (Å²) in [5, 5.41) is 17.9. The Labute approximate surface area is 103 Å². The lowest BCUT2D eigenvalue weighted by molar-refractivity contribution is 0.237. The summed E-state index contributed by atoms with van der Waals surface area (Å²) in [4.78, 5) is 2.21. The van der Waals surface area contributed by atoms with Crippen molar-refractivity contribution < 1.29 is 14.8 Å². The fraction of sp³-hybridized carbons (Fsp3) is 0.500. The van der Waals surface area contributed by atoms with Crippen LogP contribution in [0.3, 0.4) is 0 Å². The molecule has 1 rings (SSSR count). The first-order chi connectivity index (χ1) is 8.13. The lowest BCUT2D eigenvalue weighted by Crippen LogP contribution is -2.29. The predicted molar refractivity (Wildman–Crippen MR) is 69.6 cm³/mol. The van der Waals surface area contributed by atoms with E-state index in [0.717, 1.165) is 25.3 Å². The summed E-state index contributed by atoms with van der Waals surface area (Å²) in [7, 11) is 0.651. The molecule has 0 bridgehead atoms. The maximum Gasteiger partial charge on any atom is 0.488 e. The summed E-state index contributed by atoms with van der Waals surface area (Å²) < 4.78 is 5.55. The largest absolute Gasteiger partial charge is 0.492 e. The predicted octanol–water partition coefficient (Wildman–Crippen LogP) is 0.0870. The average Bonchev–Trinajstić information content (AvgIpc) is 2.30. The summed E-state index contributed by atoms with van der Waals surface area (Å²) >= 11 is 0. The van der Waals surface area contributed by atoms with Gasteiger partial charge in [0.15, 0.2) is 0 Å². The van der Waals surface area contributed by atoms with E-state index in [9.17, 15) is 0 Å². The highest BCUT2D eigenvalue weighted by molar-refractivity contribution is 6.58. The lowest BCUT2D eigenvalue weighted by atomic mass is 9.80. The number of ether oxygens (including phenoxy) is 1. The van der Waals surface area contributed by atoms with E-state index in [-0.39, 0.29) is 0 Å². The summed E-state index contributed by atoms with van der Waals surface area (Å²) in [6.45, 7) is 4.74. The van der Waals surface area contributed by atoms with Crippen molar-refractivity contribution in [2.24, 2.45) is 0 Å². The topological polar surface area (TPSA) is 52.9 Å². The van der Waals surface area contributed by atoms with Crippen LogP contribution in [0.4, 0.5) is 0 Å². The Hall–Kier alpha value is -1.04. The fourth-order valence-electron chi connectivity index (χ4n) is 1.55. The smallest absolute Gasteiger partial charge is 0.488 e. The molecular weight excluding hydrogens is 217 g/mol. The maximum atomic E-state index is 8.93. The zero-order valence-corrected chi connectivity index (χ0v) is 10.5. The van der Waals surface area contributed by atoms with Gasteiger partial charge in [-0.3, -0.25) is 0 Å². The van der Waals surface area contributed by atoms with Gasteiger partial charge in [-0.05, 0) is 37.6 Å². The van der Waals surface area contributed by atoms with E-state index in [1.54, 1.807) is 24.3 Å². The quantitative estimate of drug-likeness (QED) is 0.660. The van der Waals surface area contributed by atoms with E-state index < -0.39 is 7.12 Å². The lowest BCUT2D eigenvalue weighted by Gasteiger charge is -2.15. The number of likely N-dealkylation sites (N-methyl/N-ethyl adjacent to an activating group) is 1. The van der Waals surface area contributed by atoms with Crippen LogP contribution >= 0.6 is 0 Å². The molecule has 0 aliphatic carbocycles. The van der Waals surface area contributed by atoms with Crippen molar-refractivity contribution in [2.75, 3.05) is 26.7 Å². The van der Waals surface area contributed by atoms with Crippen LogP contribution in [-0.2, 0) is 0 Å². The third kappa shape index (κ3) is 5.21. The zero-order chi connectivity index (χ0) is 12.7. The fourth-order valence-corrected chi connectivity index (χ4v) is 1.55. The van der Waals surface area contributed by atoms with Crippen molar-refractivity contribution in [3.8, 4) is 5.75 Å². The van der Waals surface area contributed by atoms with Gasteiger partial charge < -0.3 is 19.7 Å². The minimum atomic E-state index is -1.42. The molecule has 4 nitrogen and oxygen atoms in total. The number of hydrogen-bond donors (Lipinski definition) is 2. The molecule has 0 unspecified atom stereocenters. The SMILES string of the molecule is CCCN(C)CCOc1ccc(B(O)O)cc1. The molecule has 0 saturated carbocycles. The highest BCUT2D eigenvalue weighted by Gasteiger charge is 2.09. The van der Waals surface area contributed by atoms with Gasteiger partial charge >= 0.3 is 7.12 Å². The Morgan fingerprint density at radius 1 is 1.18 bits per heavy atom. The third-order valence-electron chi connectivity index (χ3n) is 2.53. The molecule has 0 saturated heterocycles. The Balaban J connectivity index is 2.32. The normalized spacial score (nSPS) is 10.6. The summed E-state index contributed by atoms with van der Waals surface area (Å²) in [5.74, 6) is 0.749. The number of hydrogen-bond acceptors (Lipinski definition) is 4. The highest BCUT2D eigenvalue weighted by atomic mass is 16.5. The molecule has 1 aromatic carbocycles. The van der Waals surface area contributed by atoms with Crippen molar-refractivity contribution >= 4 is 12.6 Å². The Kier molecular flexibility index (Phi) is 6.04. The van der Waals surface area contributed by atoms with Crippen molar-refractivity contribution in [3.63, 3.8) is 0 Å². The average molecular weight is 237 g/mol. The molecule has 5 heteroatoms. The van der Waals surface area contributed by atoms with Crippen LogP contribution in [0.1, 0.15) is 13.3 Å². The molecule has 0 atom stereocenters. The molecule has 2 N–H and O–H groups in total. The molecule has 0 aliphatic rings. The first kappa shape index (κ1) is 14.0. The molecule has 1 aromatic rings. The van der Waals surface area contributed by atoms with Crippen molar-refractivity contribution in [2.45, 2.75) is 13.3 Å². The first-order valence-corrected chi connectivity index (χ1v) is 5.91. The minimum absolute atomic E-state index is 0.473. The second-order valence-electron chi connectivity index (χ2n) is 4.09. The van der Waals surface area contributed by atoms with Gasteiger partial charge in [0, 0.05) is 6.54 Å². The summed E-state index contributed by atoms with van der Waals surface area (Å²) in [6.07, 6.45) is 1.14. The molecule has 0 heterocycles.